The van der Waals surface area contributed by atoms with Crippen LogP contribution in [-0.4, -0.2) is 0 Å². The Labute approximate surface area is 217 Å². The molecule has 0 bridgehead atoms. The van der Waals surface area contributed by atoms with Crippen molar-refractivity contribution in [2.75, 3.05) is 0 Å². The largest absolute Gasteiger partial charge is 0.0591 e. The zero-order valence-electron chi connectivity index (χ0n) is 22.0. The van der Waals surface area contributed by atoms with Crippen LogP contribution < -0.4 is 0 Å². The Hall–Kier alpha value is -3.90. The van der Waals surface area contributed by atoms with Crippen LogP contribution in [0.25, 0.3) is 11.1 Å². The van der Waals surface area contributed by atoms with Gasteiger partial charge < -0.3 is 0 Å². The van der Waals surface area contributed by atoms with Gasteiger partial charge in [0.1, 0.15) is 0 Å². The van der Waals surface area contributed by atoms with Gasteiger partial charge in [0.25, 0.3) is 0 Å². The molecule has 5 rings (SSSR count). The summed E-state index contributed by atoms with van der Waals surface area (Å²) in [5.41, 5.74) is 13.2. The third kappa shape index (κ3) is 7.55. The Kier molecular flexibility index (Phi) is 8.53. The zero-order valence-corrected chi connectivity index (χ0v) is 22.0. The summed E-state index contributed by atoms with van der Waals surface area (Å²) in [4.78, 5) is 0. The highest BCUT2D eigenvalue weighted by Crippen LogP contribution is 2.22. The third-order valence-electron chi connectivity index (χ3n) is 6.52. The highest BCUT2D eigenvalue weighted by molar-refractivity contribution is 5.64. The first-order valence-electron chi connectivity index (χ1n) is 12.8. The summed E-state index contributed by atoms with van der Waals surface area (Å²) < 4.78 is 0. The molecule has 0 nitrogen and oxygen atoms in total. The minimum Gasteiger partial charge on any atom is -0.0591 e. The normalized spacial score (nSPS) is 10.4. The highest BCUT2D eigenvalue weighted by Gasteiger charge is 2.02. The second-order valence-electron chi connectivity index (χ2n) is 9.87. The van der Waals surface area contributed by atoms with Gasteiger partial charge in [0.05, 0.1) is 0 Å². The number of hydrogen-bond donors (Lipinski definition) is 0. The molecule has 0 amide bonds. The predicted octanol–water partition coefficient (Wildman–Crippen LogP) is 9.46. The van der Waals surface area contributed by atoms with Gasteiger partial charge >= 0.3 is 0 Å². The maximum absolute atomic E-state index is 2.25. The molecule has 0 aromatic heterocycles. The molecule has 0 aliphatic carbocycles. The first-order valence-corrected chi connectivity index (χ1v) is 12.8. The summed E-state index contributed by atoms with van der Waals surface area (Å²) in [6.07, 6.45) is 1.96. The molecular formula is C36H36. The van der Waals surface area contributed by atoms with Gasteiger partial charge in [-0.15, -0.1) is 0 Å². The smallest absolute Gasteiger partial charge is 0.00258 e. The summed E-state index contributed by atoms with van der Waals surface area (Å²) in [7, 11) is 0. The van der Waals surface area contributed by atoms with Crippen LogP contribution in [0.5, 0.6) is 0 Å². The Morgan fingerprint density at radius 2 is 0.472 bits per heavy atom. The van der Waals surface area contributed by atoms with Gasteiger partial charge in [0.15, 0.2) is 0 Å². The van der Waals surface area contributed by atoms with Crippen molar-refractivity contribution in [2.24, 2.45) is 0 Å². The van der Waals surface area contributed by atoms with Gasteiger partial charge in [0.2, 0.25) is 0 Å². The van der Waals surface area contributed by atoms with Crippen molar-refractivity contribution in [1.29, 1.82) is 0 Å². The molecular weight excluding hydrogens is 432 g/mol. The van der Waals surface area contributed by atoms with E-state index in [1.54, 1.807) is 0 Å². The number of rotatable bonds is 5. The van der Waals surface area contributed by atoms with Crippen LogP contribution in [0.2, 0.25) is 0 Å². The summed E-state index contributed by atoms with van der Waals surface area (Å²) >= 11 is 0. The quantitative estimate of drug-likeness (QED) is 0.241. The van der Waals surface area contributed by atoms with Crippen LogP contribution in [0, 0.1) is 27.7 Å². The first kappa shape index (κ1) is 25.2. The van der Waals surface area contributed by atoms with E-state index in [9.17, 15) is 0 Å². The Bertz CT molecular complexity index is 1230. The maximum Gasteiger partial charge on any atom is -0.00258 e. The fraction of sp³-hybridized carbons (Fsp3) is 0.167. The number of benzene rings is 5. The molecule has 0 heterocycles. The molecule has 0 aliphatic rings. The first-order chi connectivity index (χ1) is 17.4. The molecule has 36 heavy (non-hydrogen) atoms. The lowest BCUT2D eigenvalue weighted by atomic mass is 9.98. The molecule has 0 N–H and O–H groups in total. The van der Waals surface area contributed by atoms with E-state index in [4.69, 9.17) is 0 Å². The van der Waals surface area contributed by atoms with Crippen LogP contribution in [0.3, 0.4) is 0 Å². The van der Waals surface area contributed by atoms with E-state index in [1.165, 1.54) is 55.6 Å². The molecule has 0 fully saturated rings. The molecule has 180 valence electrons. The maximum atomic E-state index is 2.25. The van der Waals surface area contributed by atoms with Crippen molar-refractivity contribution in [3.05, 3.63) is 166 Å². The summed E-state index contributed by atoms with van der Waals surface area (Å²) in [5, 5.41) is 0. The molecule has 0 atom stereocenters. The van der Waals surface area contributed by atoms with Gasteiger partial charge in [-0.05, 0) is 73.9 Å². The van der Waals surface area contributed by atoms with Crippen molar-refractivity contribution in [2.45, 2.75) is 40.5 Å². The minimum atomic E-state index is 0.982. The van der Waals surface area contributed by atoms with E-state index in [1.807, 2.05) is 0 Å². The Morgan fingerprint density at radius 1 is 0.278 bits per heavy atom. The van der Waals surface area contributed by atoms with E-state index < -0.39 is 0 Å². The molecule has 0 unspecified atom stereocenters. The van der Waals surface area contributed by atoms with Crippen molar-refractivity contribution in [3.63, 3.8) is 0 Å². The van der Waals surface area contributed by atoms with E-state index in [2.05, 4.69) is 149 Å². The second-order valence-corrected chi connectivity index (χ2v) is 9.87. The molecule has 0 heteroatoms. The Morgan fingerprint density at radius 3 is 0.722 bits per heavy atom. The van der Waals surface area contributed by atoms with E-state index in [0.29, 0.717) is 0 Å². The Balaban J connectivity index is 0.000000325. The van der Waals surface area contributed by atoms with Crippen LogP contribution in [0.4, 0.5) is 0 Å². The lowest BCUT2D eigenvalue weighted by Gasteiger charge is -2.07. The van der Waals surface area contributed by atoms with Gasteiger partial charge in [0, 0.05) is 0 Å². The molecule has 5 aromatic rings. The van der Waals surface area contributed by atoms with Crippen LogP contribution in [-0.2, 0) is 12.8 Å². The number of hydrogen-bond acceptors (Lipinski definition) is 0. The third-order valence-corrected chi connectivity index (χ3v) is 6.52. The van der Waals surface area contributed by atoms with Crippen LogP contribution >= 0.6 is 0 Å². The van der Waals surface area contributed by atoms with Crippen molar-refractivity contribution in [1.82, 2.24) is 0 Å². The summed E-state index contributed by atoms with van der Waals surface area (Å²) in [6, 6.07) is 44.0. The molecule has 0 spiro atoms. The minimum absolute atomic E-state index is 0.982. The SMILES string of the molecule is Cc1ccc(C)cc1.Cc1ccc(Cc2ccc(-c3ccc(Cc4ccc(C)cc4)cc3)cc2)cc1. The average Bonchev–Trinajstić information content (AvgIpc) is 2.90. The summed E-state index contributed by atoms with van der Waals surface area (Å²) in [5.74, 6) is 0. The van der Waals surface area contributed by atoms with Crippen LogP contribution in [0.1, 0.15) is 44.5 Å². The van der Waals surface area contributed by atoms with Crippen molar-refractivity contribution >= 4 is 0 Å². The van der Waals surface area contributed by atoms with Crippen molar-refractivity contribution < 1.29 is 0 Å². The molecule has 5 aromatic carbocycles. The highest BCUT2D eigenvalue weighted by atomic mass is 14.1. The predicted molar refractivity (Wildman–Crippen MR) is 156 cm³/mol. The second kappa shape index (κ2) is 12.2. The molecule has 0 saturated carbocycles. The van der Waals surface area contributed by atoms with E-state index in [0.717, 1.165) is 12.8 Å². The number of aryl methyl sites for hydroxylation is 4. The van der Waals surface area contributed by atoms with Gasteiger partial charge in [-0.25, -0.2) is 0 Å². The average molecular weight is 469 g/mol. The molecule has 0 saturated heterocycles. The fourth-order valence-corrected chi connectivity index (χ4v) is 4.15. The molecule has 0 aliphatic heterocycles. The monoisotopic (exact) mass is 468 g/mol. The van der Waals surface area contributed by atoms with Gasteiger partial charge in [-0.3, -0.25) is 0 Å². The van der Waals surface area contributed by atoms with E-state index >= 15 is 0 Å². The van der Waals surface area contributed by atoms with Gasteiger partial charge in [-0.2, -0.15) is 0 Å². The zero-order chi connectivity index (χ0) is 25.3. The van der Waals surface area contributed by atoms with Crippen LogP contribution in [0.15, 0.2) is 121 Å². The van der Waals surface area contributed by atoms with E-state index in [-0.39, 0.29) is 0 Å². The van der Waals surface area contributed by atoms with Gasteiger partial charge in [-0.1, -0.05) is 144 Å². The fourth-order valence-electron chi connectivity index (χ4n) is 4.15. The lowest BCUT2D eigenvalue weighted by Crippen LogP contribution is -1.90. The summed E-state index contributed by atoms with van der Waals surface area (Å²) in [6.45, 7) is 8.45. The molecule has 0 radical (unpaired) electrons. The lowest BCUT2D eigenvalue weighted by molar-refractivity contribution is 1.18. The topological polar surface area (TPSA) is 0 Å². The standard InChI is InChI=1S/C28H26.C8H10/c1-21-3-7-23(8-4-21)19-25-11-15-27(16-12-25)28-17-13-26(14-18-28)20-24-9-5-22(2)6-10-24;1-7-3-5-8(2)6-4-7/h3-18H,19-20H2,1-2H3;3-6H,1-2H3. The van der Waals surface area contributed by atoms with Crippen molar-refractivity contribution in [3.8, 4) is 11.1 Å².